The SMILES string of the molecule is C[C@@H](O[C@@H](CF)COC(=O)c1ccccc1)n1nnc2c(N)ncnc21. The van der Waals surface area contributed by atoms with Crippen LogP contribution >= 0.6 is 0 Å². The number of aromatic nitrogens is 5. The summed E-state index contributed by atoms with van der Waals surface area (Å²) >= 11 is 0. The highest BCUT2D eigenvalue weighted by atomic mass is 19.1. The zero-order valence-corrected chi connectivity index (χ0v) is 13.9. The predicted octanol–water partition coefficient (Wildman–Crippen LogP) is 1.53. The molecule has 2 aromatic heterocycles. The van der Waals surface area contributed by atoms with E-state index in [0.29, 0.717) is 16.7 Å². The van der Waals surface area contributed by atoms with Crippen molar-refractivity contribution >= 4 is 23.0 Å². The van der Waals surface area contributed by atoms with Crippen molar-refractivity contribution in [3.8, 4) is 0 Å². The second-order valence-corrected chi connectivity index (χ2v) is 5.44. The Hall–Kier alpha value is -3.14. The molecule has 2 N–H and O–H groups in total. The summed E-state index contributed by atoms with van der Waals surface area (Å²) in [5, 5.41) is 7.81. The van der Waals surface area contributed by atoms with Crippen LogP contribution in [-0.4, -0.2) is 50.3 Å². The van der Waals surface area contributed by atoms with Crippen LogP contribution in [0.15, 0.2) is 36.7 Å². The van der Waals surface area contributed by atoms with Gasteiger partial charge < -0.3 is 15.2 Å². The summed E-state index contributed by atoms with van der Waals surface area (Å²) in [5.41, 5.74) is 6.78. The molecule has 136 valence electrons. The van der Waals surface area contributed by atoms with Gasteiger partial charge in [0.1, 0.15) is 25.7 Å². The second kappa shape index (κ2) is 7.83. The third-order valence-corrected chi connectivity index (χ3v) is 3.61. The van der Waals surface area contributed by atoms with Gasteiger partial charge in [-0.2, -0.15) is 4.68 Å². The Morgan fingerprint density at radius 3 is 2.81 bits per heavy atom. The lowest BCUT2D eigenvalue weighted by atomic mass is 10.2. The first-order valence-corrected chi connectivity index (χ1v) is 7.85. The van der Waals surface area contributed by atoms with Gasteiger partial charge in [-0.3, -0.25) is 0 Å². The fourth-order valence-corrected chi connectivity index (χ4v) is 2.31. The number of rotatable bonds is 7. The van der Waals surface area contributed by atoms with Crippen LogP contribution in [0.1, 0.15) is 23.5 Å². The van der Waals surface area contributed by atoms with Crippen molar-refractivity contribution in [2.24, 2.45) is 0 Å². The Labute approximate surface area is 147 Å². The highest BCUT2D eigenvalue weighted by Gasteiger charge is 2.21. The number of nitrogens with zero attached hydrogens (tertiary/aromatic N) is 5. The molecule has 26 heavy (non-hydrogen) atoms. The molecule has 0 radical (unpaired) electrons. The largest absolute Gasteiger partial charge is 0.459 e. The molecule has 1 aromatic carbocycles. The third kappa shape index (κ3) is 3.75. The summed E-state index contributed by atoms with van der Waals surface area (Å²) in [6.07, 6.45) is -0.389. The van der Waals surface area contributed by atoms with Gasteiger partial charge in [-0.25, -0.2) is 19.2 Å². The minimum absolute atomic E-state index is 0.187. The standard InChI is InChI=1S/C16H17FN6O3/c1-10(23-15-13(21-22-23)14(18)19-9-20-15)26-12(7-17)8-25-16(24)11-5-3-2-4-6-11/h2-6,9-10,12H,7-8H2,1H3,(H2,18,19,20)/t10-,12+/m1/s1. The number of ether oxygens (including phenoxy) is 2. The lowest BCUT2D eigenvalue weighted by molar-refractivity contribution is -0.0815. The lowest BCUT2D eigenvalue weighted by Crippen LogP contribution is -2.27. The normalized spacial score (nSPS) is 13.5. The highest BCUT2D eigenvalue weighted by molar-refractivity contribution is 5.89. The molecule has 0 amide bonds. The zero-order chi connectivity index (χ0) is 18.5. The molecule has 0 aliphatic heterocycles. The molecule has 2 heterocycles. The Kier molecular flexibility index (Phi) is 5.32. The van der Waals surface area contributed by atoms with Crippen molar-refractivity contribution in [2.45, 2.75) is 19.3 Å². The van der Waals surface area contributed by atoms with E-state index >= 15 is 0 Å². The number of anilines is 1. The molecule has 0 saturated heterocycles. The number of fused-ring (bicyclic) bond motifs is 1. The van der Waals surface area contributed by atoms with Crippen LogP contribution in [0.25, 0.3) is 11.2 Å². The summed E-state index contributed by atoms with van der Waals surface area (Å²) < 4.78 is 25.3. The van der Waals surface area contributed by atoms with E-state index in [1.807, 2.05) is 0 Å². The molecule has 0 fully saturated rings. The third-order valence-electron chi connectivity index (χ3n) is 3.61. The summed E-state index contributed by atoms with van der Waals surface area (Å²) in [4.78, 5) is 19.8. The van der Waals surface area contributed by atoms with Gasteiger partial charge >= 0.3 is 5.97 Å². The van der Waals surface area contributed by atoms with Crippen LogP contribution in [0, 0.1) is 0 Å². The van der Waals surface area contributed by atoms with E-state index in [0.717, 1.165) is 0 Å². The maximum atomic E-state index is 13.3. The van der Waals surface area contributed by atoms with Crippen molar-refractivity contribution in [3.05, 3.63) is 42.2 Å². The van der Waals surface area contributed by atoms with Crippen LogP contribution in [0.5, 0.6) is 0 Å². The second-order valence-electron chi connectivity index (χ2n) is 5.44. The van der Waals surface area contributed by atoms with Crippen molar-refractivity contribution < 1.29 is 18.7 Å². The van der Waals surface area contributed by atoms with E-state index in [2.05, 4.69) is 20.3 Å². The number of carbonyl (C=O) groups is 1. The molecule has 3 aromatic rings. The molecular formula is C16H17FN6O3. The summed E-state index contributed by atoms with van der Waals surface area (Å²) in [5.74, 6) is -0.362. The first-order valence-electron chi connectivity index (χ1n) is 7.85. The number of alkyl halides is 1. The van der Waals surface area contributed by atoms with Gasteiger partial charge in [0.15, 0.2) is 23.2 Å². The Balaban J connectivity index is 1.64. The summed E-state index contributed by atoms with van der Waals surface area (Å²) in [7, 11) is 0. The number of nitrogen functional groups attached to an aromatic ring is 1. The Morgan fingerprint density at radius 2 is 2.08 bits per heavy atom. The molecule has 10 heteroatoms. The fraction of sp³-hybridized carbons (Fsp3) is 0.312. The molecule has 9 nitrogen and oxygen atoms in total. The van der Waals surface area contributed by atoms with Crippen LogP contribution in [-0.2, 0) is 9.47 Å². The van der Waals surface area contributed by atoms with Gasteiger partial charge in [-0.15, -0.1) is 5.10 Å². The Morgan fingerprint density at radius 1 is 1.31 bits per heavy atom. The molecule has 0 aliphatic rings. The van der Waals surface area contributed by atoms with Gasteiger partial charge in [0.05, 0.1) is 5.56 Å². The number of carbonyl (C=O) groups excluding carboxylic acids is 1. The minimum atomic E-state index is -0.962. The van der Waals surface area contributed by atoms with Gasteiger partial charge in [-0.1, -0.05) is 23.4 Å². The monoisotopic (exact) mass is 360 g/mol. The minimum Gasteiger partial charge on any atom is -0.459 e. The van der Waals surface area contributed by atoms with Crippen molar-refractivity contribution in [1.29, 1.82) is 0 Å². The van der Waals surface area contributed by atoms with Gasteiger partial charge in [-0.05, 0) is 19.1 Å². The van der Waals surface area contributed by atoms with Crippen LogP contribution < -0.4 is 5.73 Å². The van der Waals surface area contributed by atoms with Gasteiger partial charge in [0, 0.05) is 0 Å². The predicted molar refractivity (Wildman–Crippen MR) is 89.8 cm³/mol. The molecule has 0 spiro atoms. The maximum Gasteiger partial charge on any atom is 0.338 e. The Bertz CT molecular complexity index is 888. The number of esters is 1. The van der Waals surface area contributed by atoms with E-state index in [-0.39, 0.29) is 12.4 Å². The molecular weight excluding hydrogens is 343 g/mol. The zero-order valence-electron chi connectivity index (χ0n) is 13.9. The molecule has 0 bridgehead atoms. The van der Waals surface area contributed by atoms with Crippen LogP contribution in [0.3, 0.4) is 0 Å². The van der Waals surface area contributed by atoms with E-state index in [4.69, 9.17) is 15.2 Å². The summed E-state index contributed by atoms with van der Waals surface area (Å²) in [6.45, 7) is 0.572. The first-order chi connectivity index (χ1) is 12.6. The lowest BCUT2D eigenvalue weighted by Gasteiger charge is -2.20. The quantitative estimate of drug-likeness (QED) is 0.630. The van der Waals surface area contributed by atoms with Gasteiger partial charge in [0.25, 0.3) is 0 Å². The molecule has 0 aliphatic carbocycles. The van der Waals surface area contributed by atoms with E-state index < -0.39 is 25.0 Å². The number of nitrogens with two attached hydrogens (primary N) is 1. The number of halogens is 1. The maximum absolute atomic E-state index is 13.3. The van der Waals surface area contributed by atoms with Crippen LogP contribution in [0.2, 0.25) is 0 Å². The van der Waals surface area contributed by atoms with E-state index in [1.165, 1.54) is 11.0 Å². The number of hydrogen-bond donors (Lipinski definition) is 1. The highest BCUT2D eigenvalue weighted by Crippen LogP contribution is 2.18. The smallest absolute Gasteiger partial charge is 0.338 e. The molecule has 3 rings (SSSR count). The average Bonchev–Trinajstić information content (AvgIpc) is 3.11. The molecule has 0 unspecified atom stereocenters. The van der Waals surface area contributed by atoms with E-state index in [1.54, 1.807) is 37.3 Å². The molecule has 2 atom stereocenters. The number of benzene rings is 1. The van der Waals surface area contributed by atoms with Gasteiger partial charge in [0.2, 0.25) is 0 Å². The number of hydrogen-bond acceptors (Lipinski definition) is 8. The average molecular weight is 360 g/mol. The van der Waals surface area contributed by atoms with Crippen molar-refractivity contribution in [3.63, 3.8) is 0 Å². The fourth-order valence-electron chi connectivity index (χ4n) is 2.31. The van der Waals surface area contributed by atoms with Crippen molar-refractivity contribution in [2.75, 3.05) is 19.0 Å². The van der Waals surface area contributed by atoms with Crippen LogP contribution in [0.4, 0.5) is 10.2 Å². The molecule has 0 saturated carbocycles. The van der Waals surface area contributed by atoms with Crippen molar-refractivity contribution in [1.82, 2.24) is 25.0 Å². The van der Waals surface area contributed by atoms with E-state index in [9.17, 15) is 9.18 Å². The topological polar surface area (TPSA) is 118 Å². The summed E-state index contributed by atoms with van der Waals surface area (Å²) in [6, 6.07) is 8.44. The first kappa shape index (κ1) is 17.7.